The maximum absolute atomic E-state index is 13.8. The first-order chi connectivity index (χ1) is 15.5. The van der Waals surface area contributed by atoms with Crippen LogP contribution in [0.5, 0.6) is 0 Å². The van der Waals surface area contributed by atoms with Crippen molar-refractivity contribution in [2.45, 2.75) is 53.0 Å². The Labute approximate surface area is 194 Å². The van der Waals surface area contributed by atoms with Crippen molar-refractivity contribution in [2.24, 2.45) is 5.92 Å². The molecule has 1 N–H and O–H groups in total. The number of fused-ring (bicyclic) bond motifs is 1. The SMILES string of the molecule is CC1=C(C)C(=O)n2nc([C@H]3[C@H](C)CCCN3C(=O)c3cc(C)ccc3NS(C)(=O)=O)cc2C1. The number of nitrogens with one attached hydrogen (secondary N) is 1. The number of hydrogen-bond acceptors (Lipinski definition) is 5. The highest BCUT2D eigenvalue weighted by atomic mass is 32.2. The van der Waals surface area contributed by atoms with Gasteiger partial charge in [0, 0.05) is 18.5 Å². The summed E-state index contributed by atoms with van der Waals surface area (Å²) in [6.45, 7) is 8.26. The third kappa shape index (κ3) is 4.46. The molecule has 2 aliphatic rings. The van der Waals surface area contributed by atoms with Crippen LogP contribution >= 0.6 is 0 Å². The Morgan fingerprint density at radius 1 is 1.18 bits per heavy atom. The van der Waals surface area contributed by atoms with Gasteiger partial charge in [0.1, 0.15) is 0 Å². The molecule has 4 rings (SSSR count). The average Bonchev–Trinajstić information content (AvgIpc) is 3.15. The molecule has 1 amide bonds. The number of anilines is 1. The molecule has 2 aromatic rings. The monoisotopic (exact) mass is 470 g/mol. The minimum absolute atomic E-state index is 0.125. The van der Waals surface area contributed by atoms with Crippen LogP contribution in [0.25, 0.3) is 0 Å². The molecule has 176 valence electrons. The van der Waals surface area contributed by atoms with Crippen LogP contribution < -0.4 is 4.72 Å². The van der Waals surface area contributed by atoms with E-state index in [1.165, 1.54) is 4.68 Å². The molecule has 0 unspecified atom stereocenters. The molecule has 0 saturated carbocycles. The predicted octanol–water partition coefficient (Wildman–Crippen LogP) is 3.71. The number of carbonyl (C=O) groups is 2. The Hall–Kier alpha value is -2.94. The topological polar surface area (TPSA) is 101 Å². The molecule has 0 spiro atoms. The third-order valence-corrected chi connectivity index (χ3v) is 7.19. The van der Waals surface area contributed by atoms with Crippen LogP contribution in [0.1, 0.15) is 71.8 Å². The Morgan fingerprint density at radius 2 is 1.91 bits per heavy atom. The number of aromatic nitrogens is 2. The number of amides is 1. The van der Waals surface area contributed by atoms with Gasteiger partial charge in [0.2, 0.25) is 10.0 Å². The minimum atomic E-state index is -3.55. The van der Waals surface area contributed by atoms with Gasteiger partial charge in [-0.15, -0.1) is 0 Å². The van der Waals surface area contributed by atoms with Gasteiger partial charge in [0.05, 0.1) is 34.9 Å². The molecule has 3 heterocycles. The summed E-state index contributed by atoms with van der Waals surface area (Å²) in [5, 5.41) is 4.64. The summed E-state index contributed by atoms with van der Waals surface area (Å²) in [4.78, 5) is 28.3. The van der Waals surface area contributed by atoms with E-state index in [2.05, 4.69) is 16.7 Å². The molecule has 33 heavy (non-hydrogen) atoms. The molecule has 0 bridgehead atoms. The Kier molecular flexibility index (Phi) is 5.94. The number of nitrogens with zero attached hydrogens (tertiary/aromatic N) is 3. The highest BCUT2D eigenvalue weighted by molar-refractivity contribution is 7.92. The van der Waals surface area contributed by atoms with Gasteiger partial charge < -0.3 is 4.90 Å². The van der Waals surface area contributed by atoms with Crippen LogP contribution in [-0.2, 0) is 16.4 Å². The van der Waals surface area contributed by atoms with E-state index in [-0.39, 0.29) is 29.5 Å². The minimum Gasteiger partial charge on any atom is -0.330 e. The van der Waals surface area contributed by atoms with Gasteiger partial charge in [-0.2, -0.15) is 5.10 Å². The van der Waals surface area contributed by atoms with Crippen LogP contribution in [0.3, 0.4) is 0 Å². The smallest absolute Gasteiger partial charge is 0.274 e. The van der Waals surface area contributed by atoms with E-state index in [4.69, 9.17) is 0 Å². The van der Waals surface area contributed by atoms with Gasteiger partial charge in [-0.3, -0.25) is 14.3 Å². The maximum Gasteiger partial charge on any atom is 0.274 e. The summed E-state index contributed by atoms with van der Waals surface area (Å²) >= 11 is 0. The van der Waals surface area contributed by atoms with Crippen molar-refractivity contribution in [3.05, 3.63) is 57.9 Å². The molecule has 8 nitrogen and oxygen atoms in total. The lowest BCUT2D eigenvalue weighted by Crippen LogP contribution is -2.42. The number of carbonyl (C=O) groups excluding carboxylic acids is 2. The van der Waals surface area contributed by atoms with Gasteiger partial charge in [-0.1, -0.05) is 24.1 Å². The van der Waals surface area contributed by atoms with E-state index in [9.17, 15) is 18.0 Å². The average molecular weight is 471 g/mol. The molecule has 2 aliphatic heterocycles. The second-order valence-electron chi connectivity index (χ2n) is 9.35. The number of rotatable bonds is 4. The number of sulfonamides is 1. The third-order valence-electron chi connectivity index (χ3n) is 6.60. The Bertz CT molecular complexity index is 1280. The zero-order chi connectivity index (χ0) is 24.1. The van der Waals surface area contributed by atoms with Crippen LogP contribution in [0.2, 0.25) is 0 Å². The summed E-state index contributed by atoms with van der Waals surface area (Å²) in [6, 6.07) is 6.74. The maximum atomic E-state index is 13.8. The zero-order valence-corrected chi connectivity index (χ0v) is 20.5. The number of piperidine rings is 1. The molecule has 9 heteroatoms. The fourth-order valence-corrected chi connectivity index (χ4v) is 5.36. The van der Waals surface area contributed by atoms with Crippen molar-refractivity contribution in [1.82, 2.24) is 14.7 Å². The second kappa shape index (κ2) is 8.44. The summed E-state index contributed by atoms with van der Waals surface area (Å²) in [6.07, 6.45) is 3.50. The summed E-state index contributed by atoms with van der Waals surface area (Å²) in [5.41, 5.74) is 4.70. The van der Waals surface area contributed by atoms with Gasteiger partial charge in [-0.25, -0.2) is 13.1 Å². The fourth-order valence-electron chi connectivity index (χ4n) is 4.78. The first-order valence-corrected chi connectivity index (χ1v) is 13.0. The van der Waals surface area contributed by atoms with Crippen molar-refractivity contribution in [3.63, 3.8) is 0 Å². The molecule has 1 aromatic heterocycles. The van der Waals surface area contributed by atoms with Crippen LogP contribution in [0.4, 0.5) is 5.69 Å². The van der Waals surface area contributed by atoms with Gasteiger partial charge in [-0.05, 0) is 57.7 Å². The van der Waals surface area contributed by atoms with Crippen molar-refractivity contribution in [3.8, 4) is 0 Å². The molecule has 1 saturated heterocycles. The van der Waals surface area contributed by atoms with Crippen LogP contribution in [0, 0.1) is 12.8 Å². The van der Waals surface area contributed by atoms with Crippen molar-refractivity contribution in [2.75, 3.05) is 17.5 Å². The lowest BCUT2D eigenvalue weighted by molar-refractivity contribution is 0.0505. The number of hydrogen-bond donors (Lipinski definition) is 1. The van der Waals surface area contributed by atoms with Gasteiger partial charge in [0.25, 0.3) is 11.8 Å². The quantitative estimate of drug-likeness (QED) is 0.734. The van der Waals surface area contributed by atoms with Gasteiger partial charge in [0.15, 0.2) is 0 Å². The van der Waals surface area contributed by atoms with Crippen molar-refractivity contribution in [1.29, 1.82) is 0 Å². The Balaban J connectivity index is 1.74. The standard InChI is InChI=1S/C24H30N4O4S/c1-14-8-9-20(26-33(5,31)32)19(11-14)24(30)27-10-6-7-15(2)22(27)21-13-18-12-16(3)17(4)23(29)28(18)25-21/h8-9,11,13,15,22,26H,6-7,10,12H2,1-5H3/t15-,22-/m1/s1. The fraction of sp³-hybridized carbons (Fsp3) is 0.458. The van der Waals surface area contributed by atoms with E-state index >= 15 is 0 Å². The number of allylic oxidation sites excluding steroid dienone is 2. The molecule has 0 aliphatic carbocycles. The van der Waals surface area contributed by atoms with E-state index in [0.29, 0.717) is 29.8 Å². The summed E-state index contributed by atoms with van der Waals surface area (Å²) in [7, 11) is -3.55. The molecular weight excluding hydrogens is 440 g/mol. The largest absolute Gasteiger partial charge is 0.330 e. The number of likely N-dealkylation sites (tertiary alicyclic amines) is 1. The van der Waals surface area contributed by atoms with E-state index in [1.807, 2.05) is 26.8 Å². The van der Waals surface area contributed by atoms with E-state index in [1.54, 1.807) is 23.1 Å². The van der Waals surface area contributed by atoms with Crippen molar-refractivity contribution >= 4 is 27.5 Å². The highest BCUT2D eigenvalue weighted by Gasteiger charge is 2.37. The van der Waals surface area contributed by atoms with Crippen LogP contribution in [-0.4, -0.2) is 47.7 Å². The second-order valence-corrected chi connectivity index (χ2v) is 11.1. The lowest BCUT2D eigenvalue weighted by atomic mass is 9.87. The van der Waals surface area contributed by atoms with E-state index < -0.39 is 10.0 Å². The lowest BCUT2D eigenvalue weighted by Gasteiger charge is -2.39. The molecule has 1 aromatic carbocycles. The molecule has 2 atom stereocenters. The summed E-state index contributed by atoms with van der Waals surface area (Å²) < 4.78 is 27.7. The molecular formula is C24H30N4O4S. The first-order valence-electron chi connectivity index (χ1n) is 11.2. The normalized spacial score (nSPS) is 21.2. The van der Waals surface area contributed by atoms with Crippen LogP contribution in [0.15, 0.2) is 35.4 Å². The van der Waals surface area contributed by atoms with Gasteiger partial charge >= 0.3 is 0 Å². The predicted molar refractivity (Wildman–Crippen MR) is 127 cm³/mol. The highest BCUT2D eigenvalue weighted by Crippen LogP contribution is 2.38. The number of aryl methyl sites for hydroxylation is 1. The number of benzene rings is 1. The first kappa shape index (κ1) is 23.2. The summed E-state index contributed by atoms with van der Waals surface area (Å²) in [5.74, 6) is -0.232. The zero-order valence-electron chi connectivity index (χ0n) is 19.7. The molecule has 0 radical (unpaired) electrons. The van der Waals surface area contributed by atoms with E-state index in [0.717, 1.165) is 35.9 Å². The molecule has 1 fully saturated rings. The Morgan fingerprint density at radius 3 is 2.61 bits per heavy atom. The van der Waals surface area contributed by atoms with Crippen molar-refractivity contribution < 1.29 is 18.0 Å².